The first kappa shape index (κ1) is 33.7. The molecule has 0 spiro atoms. The van der Waals surface area contributed by atoms with Crippen molar-refractivity contribution in [1.29, 1.82) is 0 Å². The first-order valence-electron chi connectivity index (χ1n) is 16.2. The molecule has 47 heavy (non-hydrogen) atoms. The maximum absolute atomic E-state index is 13.5. The molecule has 5 rings (SSSR count). The Kier molecular flexibility index (Phi) is 11.3. The Morgan fingerprint density at radius 3 is 2.45 bits per heavy atom. The number of benzene rings is 1. The van der Waals surface area contributed by atoms with Gasteiger partial charge in [-0.15, -0.1) is 0 Å². The van der Waals surface area contributed by atoms with Gasteiger partial charge in [-0.3, -0.25) is 24.3 Å². The molecule has 250 valence electrons. The van der Waals surface area contributed by atoms with Gasteiger partial charge in [0.05, 0.1) is 33.1 Å². The van der Waals surface area contributed by atoms with Crippen molar-refractivity contribution in [3.8, 4) is 28.4 Å². The Balaban J connectivity index is 1.26. The van der Waals surface area contributed by atoms with Crippen molar-refractivity contribution in [2.75, 3.05) is 65.9 Å². The van der Waals surface area contributed by atoms with Gasteiger partial charge in [-0.1, -0.05) is 12.1 Å². The summed E-state index contributed by atoms with van der Waals surface area (Å²) >= 11 is 0. The molecule has 1 atom stereocenters. The molecular weight excluding hydrogens is 598 g/mol. The van der Waals surface area contributed by atoms with Gasteiger partial charge in [-0.25, -0.2) is 0 Å². The molecule has 11 nitrogen and oxygen atoms in total. The molecule has 2 N–H and O–H groups in total. The fourth-order valence-corrected chi connectivity index (χ4v) is 6.51. The quantitative estimate of drug-likeness (QED) is 0.284. The highest BCUT2D eigenvalue weighted by molar-refractivity contribution is 5.84. The molecule has 2 aromatic carbocycles. The van der Waals surface area contributed by atoms with Crippen LogP contribution in [0.25, 0.3) is 11.1 Å². The van der Waals surface area contributed by atoms with E-state index in [0.29, 0.717) is 60.7 Å². The standard InChI is InChI=1S/C36H45N5O6/c1-24(42)39-29-12-10-25-22-32(45-2)35(46-3)36(47-4)34(25)27-11-13-30(31(43)23-28(27)29)38-16-7-9-33(44)41-20-18-40(19-21-41)17-14-26-8-5-6-15-37-26/h5-6,8,11,13,15,22-23,29H,7,9-10,12,14,16-21H2,1-4H3,(H,38,43)(H,39,42)/t29-/m0/s1. The zero-order valence-electron chi connectivity index (χ0n) is 27.8. The maximum Gasteiger partial charge on any atom is 0.222 e. The van der Waals surface area contributed by atoms with E-state index >= 15 is 0 Å². The van der Waals surface area contributed by atoms with E-state index in [1.165, 1.54) is 6.92 Å². The molecule has 1 aromatic heterocycles. The van der Waals surface area contributed by atoms with E-state index in [1.807, 2.05) is 41.4 Å². The molecule has 3 aromatic rings. The molecule has 1 aliphatic heterocycles. The minimum absolute atomic E-state index is 0.134. The van der Waals surface area contributed by atoms with Crippen LogP contribution in [0.1, 0.15) is 49.0 Å². The summed E-state index contributed by atoms with van der Waals surface area (Å²) < 4.78 is 17.1. The van der Waals surface area contributed by atoms with Gasteiger partial charge in [0.15, 0.2) is 11.5 Å². The number of carbonyl (C=O) groups excluding carboxylic acids is 2. The summed E-state index contributed by atoms with van der Waals surface area (Å²) in [5.74, 6) is 1.47. The SMILES string of the molecule is COc1cc2c(c(OC)c1OC)-c1ccc(NCCCC(=O)N3CCN(CCc4ccccn4)CC3)c(=O)cc1[C@@H](NC(C)=O)CC2. The van der Waals surface area contributed by atoms with E-state index in [4.69, 9.17) is 14.2 Å². The van der Waals surface area contributed by atoms with Crippen molar-refractivity contribution in [2.24, 2.45) is 0 Å². The maximum atomic E-state index is 13.5. The number of nitrogens with zero attached hydrogens (tertiary/aromatic N) is 3. The third kappa shape index (κ3) is 8.02. The smallest absolute Gasteiger partial charge is 0.222 e. The van der Waals surface area contributed by atoms with Gasteiger partial charge in [0, 0.05) is 76.5 Å². The molecule has 2 amide bonds. The number of amides is 2. The molecule has 2 aliphatic rings. The van der Waals surface area contributed by atoms with E-state index in [2.05, 4.69) is 20.5 Å². The van der Waals surface area contributed by atoms with E-state index in [1.54, 1.807) is 33.5 Å². The van der Waals surface area contributed by atoms with E-state index in [0.717, 1.165) is 61.5 Å². The Labute approximate surface area is 276 Å². The highest BCUT2D eigenvalue weighted by Gasteiger charge is 2.29. The summed E-state index contributed by atoms with van der Waals surface area (Å²) in [6, 6.07) is 12.8. The average Bonchev–Trinajstić information content (AvgIpc) is 3.33. The fraction of sp³-hybridized carbons (Fsp3) is 0.444. The number of aromatic nitrogens is 1. The Bertz CT molecular complexity index is 1620. The highest BCUT2D eigenvalue weighted by Crippen LogP contribution is 2.50. The Morgan fingerprint density at radius 1 is 0.979 bits per heavy atom. The lowest BCUT2D eigenvalue weighted by atomic mass is 9.95. The summed E-state index contributed by atoms with van der Waals surface area (Å²) in [5.41, 5.74) is 4.56. The van der Waals surface area contributed by atoms with Crippen molar-refractivity contribution in [1.82, 2.24) is 20.1 Å². The number of anilines is 1. The number of nitrogens with one attached hydrogen (secondary N) is 2. The fourth-order valence-electron chi connectivity index (χ4n) is 6.51. The first-order chi connectivity index (χ1) is 22.8. The minimum atomic E-state index is -0.377. The summed E-state index contributed by atoms with van der Waals surface area (Å²) in [6.07, 6.45) is 4.94. The molecular formula is C36H45N5O6. The minimum Gasteiger partial charge on any atom is -0.493 e. The molecule has 0 unspecified atom stereocenters. The zero-order chi connectivity index (χ0) is 33.3. The molecule has 1 aliphatic carbocycles. The van der Waals surface area contributed by atoms with Crippen molar-refractivity contribution >= 4 is 17.5 Å². The number of aryl methyl sites for hydroxylation is 1. The van der Waals surface area contributed by atoms with Crippen LogP contribution in [0.4, 0.5) is 5.69 Å². The zero-order valence-corrected chi connectivity index (χ0v) is 27.8. The number of carbonyl (C=O) groups is 2. The molecule has 1 fully saturated rings. The average molecular weight is 644 g/mol. The molecule has 0 saturated carbocycles. The van der Waals surface area contributed by atoms with Crippen molar-refractivity contribution in [2.45, 2.75) is 45.1 Å². The highest BCUT2D eigenvalue weighted by atomic mass is 16.5. The van der Waals surface area contributed by atoms with Crippen LogP contribution in [-0.4, -0.2) is 87.2 Å². The summed E-state index contributed by atoms with van der Waals surface area (Å²) in [4.78, 5) is 47.4. The number of methoxy groups -OCH3 is 3. The molecule has 11 heteroatoms. The van der Waals surface area contributed by atoms with Crippen molar-refractivity contribution in [3.05, 3.63) is 75.7 Å². The van der Waals surface area contributed by atoms with Crippen LogP contribution in [0.15, 0.2) is 53.5 Å². The van der Waals surface area contributed by atoms with Gasteiger partial charge in [0.25, 0.3) is 0 Å². The monoisotopic (exact) mass is 643 g/mol. The van der Waals surface area contributed by atoms with Crippen LogP contribution in [0, 0.1) is 0 Å². The first-order valence-corrected chi connectivity index (χ1v) is 16.2. The molecule has 0 bridgehead atoms. The number of fused-ring (bicyclic) bond motifs is 3. The topological polar surface area (TPSA) is 122 Å². The predicted molar refractivity (Wildman–Crippen MR) is 181 cm³/mol. The van der Waals surface area contributed by atoms with Crippen LogP contribution in [-0.2, 0) is 22.4 Å². The van der Waals surface area contributed by atoms with Crippen molar-refractivity contribution < 1.29 is 23.8 Å². The summed E-state index contributed by atoms with van der Waals surface area (Å²) in [6.45, 7) is 6.03. The van der Waals surface area contributed by atoms with Gasteiger partial charge in [-0.05, 0) is 66.3 Å². The van der Waals surface area contributed by atoms with Gasteiger partial charge in [-0.2, -0.15) is 0 Å². The van der Waals surface area contributed by atoms with Crippen LogP contribution < -0.4 is 30.3 Å². The van der Waals surface area contributed by atoms with Gasteiger partial charge in [0.2, 0.25) is 23.0 Å². The lowest BCUT2D eigenvalue weighted by Crippen LogP contribution is -2.49. The second kappa shape index (κ2) is 15.8. The van der Waals surface area contributed by atoms with Gasteiger partial charge < -0.3 is 29.7 Å². The van der Waals surface area contributed by atoms with E-state index in [-0.39, 0.29) is 23.3 Å². The Hall–Kier alpha value is -4.64. The van der Waals surface area contributed by atoms with E-state index < -0.39 is 0 Å². The van der Waals surface area contributed by atoms with Crippen LogP contribution in [0.3, 0.4) is 0 Å². The summed E-state index contributed by atoms with van der Waals surface area (Å²) in [7, 11) is 4.71. The third-order valence-corrected chi connectivity index (χ3v) is 8.93. The second-order valence-corrected chi connectivity index (χ2v) is 11.9. The summed E-state index contributed by atoms with van der Waals surface area (Å²) in [5, 5.41) is 6.29. The number of ether oxygens (including phenoxy) is 3. The van der Waals surface area contributed by atoms with E-state index in [9.17, 15) is 14.4 Å². The van der Waals surface area contributed by atoms with Gasteiger partial charge >= 0.3 is 0 Å². The molecule has 2 heterocycles. The number of pyridine rings is 1. The lowest BCUT2D eigenvalue weighted by Gasteiger charge is -2.34. The molecule has 1 saturated heterocycles. The van der Waals surface area contributed by atoms with Crippen molar-refractivity contribution in [3.63, 3.8) is 0 Å². The normalized spacial score (nSPS) is 15.9. The molecule has 0 radical (unpaired) electrons. The Morgan fingerprint density at radius 2 is 1.77 bits per heavy atom. The number of piperazine rings is 1. The second-order valence-electron chi connectivity index (χ2n) is 11.9. The lowest BCUT2D eigenvalue weighted by molar-refractivity contribution is -0.133. The predicted octanol–water partition coefficient (Wildman–Crippen LogP) is 3.84. The van der Waals surface area contributed by atoms with Crippen LogP contribution in [0.2, 0.25) is 0 Å². The number of rotatable bonds is 12. The van der Waals surface area contributed by atoms with Crippen LogP contribution in [0.5, 0.6) is 17.2 Å². The third-order valence-electron chi connectivity index (χ3n) is 8.93. The number of hydrogen-bond acceptors (Lipinski definition) is 9. The largest absolute Gasteiger partial charge is 0.493 e. The van der Waals surface area contributed by atoms with Crippen LogP contribution >= 0.6 is 0 Å². The number of hydrogen-bond donors (Lipinski definition) is 2. The van der Waals surface area contributed by atoms with Gasteiger partial charge in [0.1, 0.15) is 0 Å².